The first-order chi connectivity index (χ1) is 10.0. The van der Waals surface area contributed by atoms with Gasteiger partial charge in [0.25, 0.3) is 0 Å². The molecular weight excluding hydrogens is 344 g/mol. The largest absolute Gasteiger partial charge is 0.399 e. The lowest BCUT2D eigenvalue weighted by molar-refractivity contribution is 1.32. The van der Waals surface area contributed by atoms with Crippen LogP contribution in [0.15, 0.2) is 46.3 Å². The number of thiazole rings is 1. The lowest BCUT2D eigenvalue weighted by atomic mass is 10.1. The molecule has 0 saturated carbocycles. The molecule has 0 saturated heterocycles. The van der Waals surface area contributed by atoms with Gasteiger partial charge in [0.05, 0.1) is 5.69 Å². The van der Waals surface area contributed by atoms with Gasteiger partial charge in [-0.2, -0.15) is 0 Å². The summed E-state index contributed by atoms with van der Waals surface area (Å²) in [5.74, 6) is 0. The summed E-state index contributed by atoms with van der Waals surface area (Å²) in [6.07, 6.45) is 0. The molecule has 0 bridgehead atoms. The molecule has 2 aromatic carbocycles. The number of hydrogen-bond donors (Lipinski definition) is 1. The zero-order valence-corrected chi connectivity index (χ0v) is 14.3. The van der Waals surface area contributed by atoms with Crippen molar-refractivity contribution < 1.29 is 0 Å². The monoisotopic (exact) mass is 358 g/mol. The number of nitrogens with zero attached hydrogens (tertiary/aromatic N) is 1. The molecule has 0 atom stereocenters. The van der Waals surface area contributed by atoms with E-state index >= 15 is 0 Å². The van der Waals surface area contributed by atoms with E-state index in [0.717, 1.165) is 22.0 Å². The normalized spacial score (nSPS) is 10.8. The summed E-state index contributed by atoms with van der Waals surface area (Å²) in [6.45, 7) is 4.21. The third kappa shape index (κ3) is 2.87. The van der Waals surface area contributed by atoms with Crippen LogP contribution in [0.2, 0.25) is 0 Å². The van der Waals surface area contributed by atoms with Gasteiger partial charge in [0.1, 0.15) is 5.01 Å². The standard InChI is InChI=1S/C17H15BrN2S/c1-10-7-13(8-11(2)16(10)18)17-20-15(9-21-17)12-3-5-14(19)6-4-12/h3-9H,19H2,1-2H3. The van der Waals surface area contributed by atoms with Crippen molar-refractivity contribution in [2.24, 2.45) is 0 Å². The highest BCUT2D eigenvalue weighted by molar-refractivity contribution is 9.10. The summed E-state index contributed by atoms with van der Waals surface area (Å²) in [5.41, 5.74) is 12.2. The number of halogens is 1. The van der Waals surface area contributed by atoms with E-state index < -0.39 is 0 Å². The van der Waals surface area contributed by atoms with Crippen LogP contribution in [-0.4, -0.2) is 4.98 Å². The SMILES string of the molecule is Cc1cc(-c2nc(-c3ccc(N)cc3)cs2)cc(C)c1Br. The minimum absolute atomic E-state index is 0.772. The zero-order chi connectivity index (χ0) is 15.0. The fourth-order valence-electron chi connectivity index (χ4n) is 2.26. The lowest BCUT2D eigenvalue weighted by Gasteiger charge is -2.05. The molecule has 0 spiro atoms. The van der Waals surface area contributed by atoms with Crippen molar-refractivity contribution in [3.8, 4) is 21.8 Å². The number of hydrogen-bond acceptors (Lipinski definition) is 3. The van der Waals surface area contributed by atoms with Crippen LogP contribution in [0.25, 0.3) is 21.8 Å². The molecule has 2 N–H and O–H groups in total. The maximum atomic E-state index is 5.73. The predicted octanol–water partition coefficient (Wildman–Crippen LogP) is 5.44. The average Bonchev–Trinajstić information content (AvgIpc) is 2.95. The Morgan fingerprint density at radius 1 is 1.00 bits per heavy atom. The second-order valence-corrected chi connectivity index (χ2v) is 6.74. The fraction of sp³-hybridized carbons (Fsp3) is 0.118. The molecule has 106 valence electrons. The van der Waals surface area contributed by atoms with Crippen LogP contribution in [0.1, 0.15) is 11.1 Å². The van der Waals surface area contributed by atoms with Gasteiger partial charge >= 0.3 is 0 Å². The quantitative estimate of drug-likeness (QED) is 0.619. The van der Waals surface area contributed by atoms with Gasteiger partial charge in [0.15, 0.2) is 0 Å². The number of rotatable bonds is 2. The highest BCUT2D eigenvalue weighted by Gasteiger charge is 2.09. The van der Waals surface area contributed by atoms with Crippen molar-refractivity contribution in [2.45, 2.75) is 13.8 Å². The highest BCUT2D eigenvalue weighted by Crippen LogP contribution is 2.32. The topological polar surface area (TPSA) is 38.9 Å². The number of anilines is 1. The van der Waals surface area contributed by atoms with E-state index in [1.807, 2.05) is 24.3 Å². The van der Waals surface area contributed by atoms with E-state index in [1.54, 1.807) is 11.3 Å². The lowest BCUT2D eigenvalue weighted by Crippen LogP contribution is -1.86. The van der Waals surface area contributed by atoms with E-state index in [1.165, 1.54) is 21.2 Å². The van der Waals surface area contributed by atoms with Crippen molar-refractivity contribution in [2.75, 3.05) is 5.73 Å². The Labute approximate surface area is 136 Å². The van der Waals surface area contributed by atoms with Crippen LogP contribution in [0.5, 0.6) is 0 Å². The number of nitrogen functional groups attached to an aromatic ring is 1. The third-order valence-corrected chi connectivity index (χ3v) is 5.54. The van der Waals surface area contributed by atoms with Crippen molar-refractivity contribution >= 4 is 33.0 Å². The molecule has 21 heavy (non-hydrogen) atoms. The first kappa shape index (κ1) is 14.3. The fourth-order valence-corrected chi connectivity index (χ4v) is 3.31. The van der Waals surface area contributed by atoms with Crippen LogP contribution < -0.4 is 5.73 Å². The summed E-state index contributed by atoms with van der Waals surface area (Å²) >= 11 is 5.27. The van der Waals surface area contributed by atoms with Gasteiger partial charge < -0.3 is 5.73 Å². The molecule has 0 radical (unpaired) electrons. The third-order valence-electron chi connectivity index (χ3n) is 3.39. The molecule has 2 nitrogen and oxygen atoms in total. The van der Waals surface area contributed by atoms with Crippen LogP contribution in [0.3, 0.4) is 0 Å². The summed E-state index contributed by atoms with van der Waals surface area (Å²) in [7, 11) is 0. The molecule has 4 heteroatoms. The van der Waals surface area contributed by atoms with Crippen LogP contribution in [0, 0.1) is 13.8 Å². The minimum atomic E-state index is 0.772. The Kier molecular flexibility index (Phi) is 3.83. The molecule has 3 aromatic rings. The van der Waals surface area contributed by atoms with Gasteiger partial charge in [-0.15, -0.1) is 11.3 Å². The van der Waals surface area contributed by atoms with Gasteiger partial charge in [-0.05, 0) is 49.2 Å². The second-order valence-electron chi connectivity index (χ2n) is 5.08. The molecule has 1 aromatic heterocycles. The smallest absolute Gasteiger partial charge is 0.124 e. The maximum absolute atomic E-state index is 5.73. The summed E-state index contributed by atoms with van der Waals surface area (Å²) < 4.78 is 1.17. The zero-order valence-electron chi connectivity index (χ0n) is 11.9. The molecule has 0 fully saturated rings. The Morgan fingerprint density at radius 3 is 2.24 bits per heavy atom. The molecule has 3 rings (SSSR count). The Bertz CT molecular complexity index is 768. The van der Waals surface area contributed by atoms with E-state index in [-0.39, 0.29) is 0 Å². The molecule has 0 aliphatic heterocycles. The van der Waals surface area contributed by atoms with Gasteiger partial charge in [-0.3, -0.25) is 0 Å². The minimum Gasteiger partial charge on any atom is -0.399 e. The predicted molar refractivity (Wildman–Crippen MR) is 94.6 cm³/mol. The Balaban J connectivity index is 2.00. The first-order valence-electron chi connectivity index (χ1n) is 6.63. The maximum Gasteiger partial charge on any atom is 0.124 e. The van der Waals surface area contributed by atoms with Crippen molar-refractivity contribution in [1.82, 2.24) is 4.98 Å². The van der Waals surface area contributed by atoms with E-state index in [0.29, 0.717) is 0 Å². The van der Waals surface area contributed by atoms with Crippen molar-refractivity contribution in [3.05, 3.63) is 57.4 Å². The molecule has 0 unspecified atom stereocenters. The summed E-state index contributed by atoms with van der Waals surface area (Å²) in [5, 5.41) is 3.13. The summed E-state index contributed by atoms with van der Waals surface area (Å²) in [6, 6.07) is 12.2. The summed E-state index contributed by atoms with van der Waals surface area (Å²) in [4.78, 5) is 4.75. The second kappa shape index (κ2) is 5.62. The van der Waals surface area contributed by atoms with E-state index in [2.05, 4.69) is 47.3 Å². The number of aromatic nitrogens is 1. The van der Waals surface area contributed by atoms with Crippen LogP contribution >= 0.6 is 27.3 Å². The van der Waals surface area contributed by atoms with Gasteiger partial charge in [-0.1, -0.05) is 28.1 Å². The number of nitrogens with two attached hydrogens (primary N) is 1. The number of aryl methyl sites for hydroxylation is 2. The number of benzene rings is 2. The molecule has 0 aliphatic rings. The van der Waals surface area contributed by atoms with Gasteiger partial charge in [0, 0.05) is 26.7 Å². The van der Waals surface area contributed by atoms with Crippen LogP contribution in [0.4, 0.5) is 5.69 Å². The molecule has 1 heterocycles. The Morgan fingerprint density at radius 2 is 1.62 bits per heavy atom. The Hall–Kier alpha value is -1.65. The molecule has 0 aliphatic carbocycles. The first-order valence-corrected chi connectivity index (χ1v) is 8.30. The average molecular weight is 359 g/mol. The van der Waals surface area contributed by atoms with Crippen LogP contribution in [-0.2, 0) is 0 Å². The van der Waals surface area contributed by atoms with Gasteiger partial charge in [-0.25, -0.2) is 4.98 Å². The highest BCUT2D eigenvalue weighted by atomic mass is 79.9. The van der Waals surface area contributed by atoms with E-state index in [9.17, 15) is 0 Å². The van der Waals surface area contributed by atoms with Gasteiger partial charge in [0.2, 0.25) is 0 Å². The molecule has 0 amide bonds. The van der Waals surface area contributed by atoms with Crippen molar-refractivity contribution in [3.63, 3.8) is 0 Å². The van der Waals surface area contributed by atoms with E-state index in [4.69, 9.17) is 10.7 Å². The van der Waals surface area contributed by atoms with Crippen molar-refractivity contribution in [1.29, 1.82) is 0 Å². The molecular formula is C17H15BrN2S.